The van der Waals surface area contributed by atoms with Gasteiger partial charge in [0.1, 0.15) is 11.9 Å². The Labute approximate surface area is 125 Å². The van der Waals surface area contributed by atoms with Gasteiger partial charge in [0.25, 0.3) is 5.91 Å². The number of aromatic nitrogens is 1. The van der Waals surface area contributed by atoms with Gasteiger partial charge in [0.2, 0.25) is 5.76 Å². The molecule has 0 bridgehead atoms. The van der Waals surface area contributed by atoms with Crippen LogP contribution in [0.2, 0.25) is 0 Å². The SMILES string of the molecule is O=C(O)c1ccc(CNC(=O)c2ncoc2[C@H]2CCCO2)o1. The average Bonchev–Trinajstić information content (AvgIpc) is 3.23. The summed E-state index contributed by atoms with van der Waals surface area (Å²) in [5, 5.41) is 11.4. The molecule has 22 heavy (non-hydrogen) atoms. The van der Waals surface area contributed by atoms with Crippen molar-refractivity contribution in [2.75, 3.05) is 6.61 Å². The molecule has 0 unspecified atom stereocenters. The normalized spacial score (nSPS) is 17.5. The number of aromatic carboxylic acids is 1. The maximum Gasteiger partial charge on any atom is 0.371 e. The van der Waals surface area contributed by atoms with Crippen LogP contribution in [0.3, 0.4) is 0 Å². The number of nitrogens with zero attached hydrogens (tertiary/aromatic N) is 1. The summed E-state index contributed by atoms with van der Waals surface area (Å²) in [6.07, 6.45) is 2.67. The number of carboxylic acids is 1. The van der Waals surface area contributed by atoms with Gasteiger partial charge in [-0.1, -0.05) is 0 Å². The molecule has 1 aliphatic rings. The molecule has 116 valence electrons. The van der Waals surface area contributed by atoms with Gasteiger partial charge in [-0.2, -0.15) is 0 Å². The number of nitrogens with one attached hydrogen (secondary N) is 1. The molecule has 3 heterocycles. The van der Waals surface area contributed by atoms with Gasteiger partial charge >= 0.3 is 5.97 Å². The van der Waals surface area contributed by atoms with Gasteiger partial charge < -0.3 is 24.0 Å². The molecule has 1 atom stereocenters. The number of carbonyl (C=O) groups excluding carboxylic acids is 1. The zero-order valence-electron chi connectivity index (χ0n) is 11.6. The third kappa shape index (κ3) is 2.86. The second kappa shape index (κ2) is 6.02. The monoisotopic (exact) mass is 306 g/mol. The van der Waals surface area contributed by atoms with Gasteiger partial charge in [-0.05, 0) is 25.0 Å². The molecule has 0 spiro atoms. The first-order chi connectivity index (χ1) is 10.6. The van der Waals surface area contributed by atoms with Crippen molar-refractivity contribution in [1.82, 2.24) is 10.3 Å². The zero-order chi connectivity index (χ0) is 15.5. The lowest BCUT2D eigenvalue weighted by Gasteiger charge is -2.07. The minimum atomic E-state index is -1.16. The maximum absolute atomic E-state index is 12.2. The summed E-state index contributed by atoms with van der Waals surface area (Å²) in [6, 6.07) is 2.82. The predicted octanol–water partition coefficient (Wildman–Crippen LogP) is 1.75. The first-order valence-electron chi connectivity index (χ1n) is 6.80. The first kappa shape index (κ1) is 14.3. The van der Waals surface area contributed by atoms with Crippen LogP contribution in [0.15, 0.2) is 27.4 Å². The van der Waals surface area contributed by atoms with E-state index < -0.39 is 11.9 Å². The van der Waals surface area contributed by atoms with Crippen LogP contribution in [-0.4, -0.2) is 28.6 Å². The number of oxazole rings is 1. The molecule has 2 aromatic rings. The zero-order valence-corrected chi connectivity index (χ0v) is 11.6. The Hall–Kier alpha value is -2.61. The van der Waals surface area contributed by atoms with Crippen molar-refractivity contribution < 1.29 is 28.3 Å². The van der Waals surface area contributed by atoms with E-state index in [1.807, 2.05) is 0 Å². The van der Waals surface area contributed by atoms with E-state index >= 15 is 0 Å². The molecule has 0 saturated carbocycles. The van der Waals surface area contributed by atoms with Crippen molar-refractivity contribution in [3.8, 4) is 0 Å². The number of carbonyl (C=O) groups is 2. The molecular weight excluding hydrogens is 292 g/mol. The van der Waals surface area contributed by atoms with Gasteiger partial charge in [0.05, 0.1) is 6.54 Å². The lowest BCUT2D eigenvalue weighted by atomic mass is 10.1. The predicted molar refractivity (Wildman–Crippen MR) is 71.3 cm³/mol. The van der Waals surface area contributed by atoms with Crippen molar-refractivity contribution in [3.63, 3.8) is 0 Å². The fraction of sp³-hybridized carbons (Fsp3) is 0.357. The number of furan rings is 1. The summed E-state index contributed by atoms with van der Waals surface area (Å²) in [6.45, 7) is 0.695. The average molecular weight is 306 g/mol. The second-order valence-corrected chi connectivity index (χ2v) is 4.82. The van der Waals surface area contributed by atoms with E-state index in [9.17, 15) is 9.59 Å². The molecule has 1 aliphatic heterocycles. The number of rotatable bonds is 5. The Bertz CT molecular complexity index is 683. The molecule has 1 amide bonds. The molecule has 1 saturated heterocycles. The molecule has 8 nitrogen and oxygen atoms in total. The largest absolute Gasteiger partial charge is 0.475 e. The number of carboxylic acid groups (broad SMARTS) is 1. The molecule has 0 radical (unpaired) electrons. The molecular formula is C14H14N2O6. The summed E-state index contributed by atoms with van der Waals surface area (Å²) in [5.41, 5.74) is 0.178. The van der Waals surface area contributed by atoms with Gasteiger partial charge in [0.15, 0.2) is 17.8 Å². The topological polar surface area (TPSA) is 115 Å². The highest BCUT2D eigenvalue weighted by molar-refractivity contribution is 5.93. The smallest absolute Gasteiger partial charge is 0.371 e. The molecule has 0 aromatic carbocycles. The van der Waals surface area contributed by atoms with E-state index in [-0.39, 0.29) is 24.1 Å². The highest BCUT2D eigenvalue weighted by atomic mass is 16.5. The van der Waals surface area contributed by atoms with E-state index in [1.165, 1.54) is 18.5 Å². The van der Waals surface area contributed by atoms with E-state index in [1.54, 1.807) is 0 Å². The van der Waals surface area contributed by atoms with Crippen molar-refractivity contribution in [3.05, 3.63) is 41.5 Å². The number of hydrogen-bond acceptors (Lipinski definition) is 6. The van der Waals surface area contributed by atoms with Gasteiger partial charge in [-0.25, -0.2) is 9.78 Å². The highest BCUT2D eigenvalue weighted by Gasteiger charge is 2.27. The van der Waals surface area contributed by atoms with Crippen LogP contribution in [0.1, 0.15) is 51.5 Å². The minimum Gasteiger partial charge on any atom is -0.475 e. The van der Waals surface area contributed by atoms with E-state index in [2.05, 4.69) is 10.3 Å². The molecule has 1 fully saturated rings. The molecule has 2 N–H and O–H groups in total. The summed E-state index contributed by atoms with van der Waals surface area (Å²) >= 11 is 0. The maximum atomic E-state index is 12.2. The fourth-order valence-electron chi connectivity index (χ4n) is 2.28. The Morgan fingerprint density at radius 2 is 2.27 bits per heavy atom. The van der Waals surface area contributed by atoms with Crippen LogP contribution in [-0.2, 0) is 11.3 Å². The van der Waals surface area contributed by atoms with Crippen molar-refractivity contribution in [2.24, 2.45) is 0 Å². The van der Waals surface area contributed by atoms with E-state index in [0.717, 1.165) is 12.8 Å². The van der Waals surface area contributed by atoms with Crippen LogP contribution >= 0.6 is 0 Å². The summed E-state index contributed by atoms with van der Waals surface area (Å²) in [5.74, 6) is -0.999. The number of amides is 1. The molecule has 3 rings (SSSR count). The third-order valence-corrected chi connectivity index (χ3v) is 3.33. The van der Waals surface area contributed by atoms with Crippen LogP contribution in [0.25, 0.3) is 0 Å². The van der Waals surface area contributed by atoms with Gasteiger partial charge in [0, 0.05) is 6.61 Å². The fourth-order valence-corrected chi connectivity index (χ4v) is 2.28. The lowest BCUT2D eigenvalue weighted by molar-refractivity contribution is 0.0660. The van der Waals surface area contributed by atoms with Crippen molar-refractivity contribution in [2.45, 2.75) is 25.5 Å². The summed E-state index contributed by atoms with van der Waals surface area (Å²) in [7, 11) is 0. The van der Waals surface area contributed by atoms with Crippen molar-refractivity contribution >= 4 is 11.9 Å². The third-order valence-electron chi connectivity index (χ3n) is 3.33. The minimum absolute atomic E-state index is 0.0595. The van der Waals surface area contributed by atoms with Crippen LogP contribution < -0.4 is 5.32 Å². The number of ether oxygens (including phenoxy) is 1. The Morgan fingerprint density at radius 1 is 1.41 bits per heavy atom. The van der Waals surface area contributed by atoms with Gasteiger partial charge in [-0.3, -0.25) is 4.79 Å². The standard InChI is InChI=1S/C14H14N2O6/c17-13(15-6-8-3-4-10(22-8)14(18)19)11-12(21-7-16-11)9-2-1-5-20-9/h3-4,7,9H,1-2,5-6H2,(H,15,17)(H,18,19)/t9-/m1/s1. The Morgan fingerprint density at radius 3 is 2.95 bits per heavy atom. The Kier molecular flexibility index (Phi) is 3.92. The van der Waals surface area contributed by atoms with Gasteiger partial charge in [-0.15, -0.1) is 0 Å². The lowest BCUT2D eigenvalue weighted by Crippen LogP contribution is -2.24. The second-order valence-electron chi connectivity index (χ2n) is 4.82. The summed E-state index contributed by atoms with van der Waals surface area (Å²) < 4.78 is 15.8. The van der Waals surface area contributed by atoms with Crippen molar-refractivity contribution in [1.29, 1.82) is 0 Å². The van der Waals surface area contributed by atoms with E-state index in [0.29, 0.717) is 18.1 Å². The molecule has 8 heteroatoms. The highest BCUT2D eigenvalue weighted by Crippen LogP contribution is 2.30. The van der Waals surface area contributed by atoms with Crippen LogP contribution in [0, 0.1) is 0 Å². The molecule has 2 aromatic heterocycles. The quantitative estimate of drug-likeness (QED) is 0.864. The Balaban J connectivity index is 1.64. The molecule has 0 aliphatic carbocycles. The first-order valence-corrected chi connectivity index (χ1v) is 6.80. The summed E-state index contributed by atoms with van der Waals surface area (Å²) in [4.78, 5) is 26.8. The number of hydrogen-bond donors (Lipinski definition) is 2. The van der Waals surface area contributed by atoms with E-state index in [4.69, 9.17) is 18.7 Å². The van der Waals surface area contributed by atoms with Crippen LogP contribution in [0.5, 0.6) is 0 Å². The van der Waals surface area contributed by atoms with Crippen LogP contribution in [0.4, 0.5) is 0 Å².